The van der Waals surface area contributed by atoms with Gasteiger partial charge in [0.25, 0.3) is 0 Å². The van der Waals surface area contributed by atoms with E-state index in [1.807, 2.05) is 0 Å². The summed E-state index contributed by atoms with van der Waals surface area (Å²) in [4.78, 5) is 0. The number of benzene rings is 5. The standard InChI is InChI=1S/C30H23P/c1-4-12-24(13-5-1)25-20-22-26(23-21-25)29-18-10-11-19-30(29)31(27-14-6-2-7-15-27)28-16-8-3-9-17-28/h1-23H. The van der Waals surface area contributed by atoms with Gasteiger partial charge >= 0.3 is 0 Å². The molecule has 0 heterocycles. The van der Waals surface area contributed by atoms with Gasteiger partial charge in [0.15, 0.2) is 0 Å². The van der Waals surface area contributed by atoms with E-state index in [4.69, 9.17) is 0 Å². The van der Waals surface area contributed by atoms with Crippen LogP contribution in [-0.2, 0) is 0 Å². The highest BCUT2D eigenvalue weighted by molar-refractivity contribution is 7.80. The molecule has 0 saturated heterocycles. The minimum absolute atomic E-state index is 0.642. The number of rotatable bonds is 5. The van der Waals surface area contributed by atoms with Gasteiger partial charge < -0.3 is 0 Å². The Hall–Kier alpha value is -3.47. The maximum absolute atomic E-state index is 2.30. The van der Waals surface area contributed by atoms with Crippen molar-refractivity contribution < 1.29 is 0 Å². The van der Waals surface area contributed by atoms with Gasteiger partial charge in [-0.15, -0.1) is 0 Å². The fraction of sp³-hybridized carbons (Fsp3) is 0. The third-order valence-corrected chi connectivity index (χ3v) is 7.98. The highest BCUT2D eigenvalue weighted by Gasteiger charge is 2.19. The van der Waals surface area contributed by atoms with E-state index < -0.39 is 7.92 Å². The molecular formula is C30H23P. The van der Waals surface area contributed by atoms with Crippen molar-refractivity contribution in [1.29, 1.82) is 0 Å². The Morgan fingerprint density at radius 3 is 1.32 bits per heavy atom. The Labute approximate surface area is 185 Å². The molecule has 5 rings (SSSR count). The van der Waals surface area contributed by atoms with Crippen LogP contribution in [0.2, 0.25) is 0 Å². The van der Waals surface area contributed by atoms with Crippen molar-refractivity contribution >= 4 is 23.8 Å². The molecule has 0 radical (unpaired) electrons. The van der Waals surface area contributed by atoms with Crippen molar-refractivity contribution in [2.24, 2.45) is 0 Å². The Balaban J connectivity index is 1.61. The minimum atomic E-state index is -0.642. The van der Waals surface area contributed by atoms with E-state index in [2.05, 4.69) is 140 Å². The maximum Gasteiger partial charge on any atom is -0.00726 e. The molecule has 5 aromatic rings. The molecule has 0 atom stereocenters. The van der Waals surface area contributed by atoms with E-state index in [0.717, 1.165) is 0 Å². The molecular weight excluding hydrogens is 391 g/mol. The van der Waals surface area contributed by atoms with Crippen LogP contribution in [0.25, 0.3) is 22.3 Å². The Morgan fingerprint density at radius 1 is 0.323 bits per heavy atom. The van der Waals surface area contributed by atoms with E-state index in [9.17, 15) is 0 Å². The van der Waals surface area contributed by atoms with Crippen LogP contribution >= 0.6 is 7.92 Å². The van der Waals surface area contributed by atoms with Crippen molar-refractivity contribution in [2.45, 2.75) is 0 Å². The molecule has 0 aliphatic carbocycles. The van der Waals surface area contributed by atoms with Crippen LogP contribution < -0.4 is 15.9 Å². The van der Waals surface area contributed by atoms with Gasteiger partial charge in [-0.1, -0.05) is 140 Å². The lowest BCUT2D eigenvalue weighted by atomic mass is 10.0. The molecule has 5 aromatic carbocycles. The molecule has 0 aromatic heterocycles. The van der Waals surface area contributed by atoms with Crippen molar-refractivity contribution in [1.82, 2.24) is 0 Å². The van der Waals surface area contributed by atoms with E-state index in [1.54, 1.807) is 0 Å². The summed E-state index contributed by atoms with van der Waals surface area (Å²) in [5, 5.41) is 4.14. The van der Waals surface area contributed by atoms with Gasteiger partial charge in [0.2, 0.25) is 0 Å². The van der Waals surface area contributed by atoms with Crippen LogP contribution in [0.1, 0.15) is 0 Å². The first-order valence-electron chi connectivity index (χ1n) is 10.6. The first kappa shape index (κ1) is 19.5. The summed E-state index contributed by atoms with van der Waals surface area (Å²) in [5.74, 6) is 0. The molecule has 1 heteroatoms. The second kappa shape index (κ2) is 9.13. The summed E-state index contributed by atoms with van der Waals surface area (Å²) >= 11 is 0. The summed E-state index contributed by atoms with van der Waals surface area (Å²) in [7, 11) is -0.642. The highest BCUT2D eigenvalue weighted by atomic mass is 31.1. The molecule has 0 fully saturated rings. The average molecular weight is 414 g/mol. The molecule has 0 N–H and O–H groups in total. The van der Waals surface area contributed by atoms with Gasteiger partial charge in [0, 0.05) is 0 Å². The van der Waals surface area contributed by atoms with Crippen LogP contribution in [0.3, 0.4) is 0 Å². The molecule has 0 nitrogen and oxygen atoms in total. The molecule has 0 aliphatic rings. The average Bonchev–Trinajstić information content (AvgIpc) is 2.87. The molecule has 31 heavy (non-hydrogen) atoms. The first-order valence-corrected chi connectivity index (χ1v) is 11.9. The lowest BCUT2D eigenvalue weighted by Crippen LogP contribution is -2.21. The fourth-order valence-electron chi connectivity index (χ4n) is 3.97. The quantitative estimate of drug-likeness (QED) is 0.278. The molecule has 148 valence electrons. The zero-order valence-electron chi connectivity index (χ0n) is 17.2. The maximum atomic E-state index is 2.30. The van der Waals surface area contributed by atoms with E-state index in [-0.39, 0.29) is 0 Å². The third-order valence-electron chi connectivity index (χ3n) is 5.48. The Kier molecular flexibility index (Phi) is 5.74. The van der Waals surface area contributed by atoms with Crippen LogP contribution in [0.15, 0.2) is 140 Å². The summed E-state index contributed by atoms with van der Waals surface area (Å²) in [6, 6.07) is 50.2. The largest absolute Gasteiger partial charge is 0.0622 e. The zero-order valence-corrected chi connectivity index (χ0v) is 18.1. The third kappa shape index (κ3) is 4.22. The predicted molar refractivity (Wildman–Crippen MR) is 136 cm³/mol. The second-order valence-corrected chi connectivity index (χ2v) is 9.65. The van der Waals surface area contributed by atoms with Crippen LogP contribution in [-0.4, -0.2) is 0 Å². The summed E-state index contributed by atoms with van der Waals surface area (Å²) < 4.78 is 0. The molecule has 0 bridgehead atoms. The second-order valence-electron chi connectivity index (χ2n) is 7.47. The predicted octanol–water partition coefficient (Wildman–Crippen LogP) is 6.78. The Morgan fingerprint density at radius 2 is 0.742 bits per heavy atom. The van der Waals surface area contributed by atoms with E-state index in [0.29, 0.717) is 0 Å². The van der Waals surface area contributed by atoms with Crippen molar-refractivity contribution in [3.8, 4) is 22.3 Å². The topological polar surface area (TPSA) is 0 Å². The van der Waals surface area contributed by atoms with Gasteiger partial charge in [-0.05, 0) is 46.1 Å². The van der Waals surface area contributed by atoms with Crippen molar-refractivity contribution in [3.63, 3.8) is 0 Å². The summed E-state index contributed by atoms with van der Waals surface area (Å²) in [6.45, 7) is 0. The van der Waals surface area contributed by atoms with E-state index >= 15 is 0 Å². The molecule has 0 saturated carbocycles. The smallest absolute Gasteiger partial charge is 0.00726 e. The zero-order chi connectivity index (χ0) is 20.9. The molecule has 0 amide bonds. The van der Waals surface area contributed by atoms with Crippen molar-refractivity contribution in [2.75, 3.05) is 0 Å². The van der Waals surface area contributed by atoms with Gasteiger partial charge in [-0.2, -0.15) is 0 Å². The molecule has 0 aliphatic heterocycles. The lowest BCUT2D eigenvalue weighted by Gasteiger charge is -2.22. The van der Waals surface area contributed by atoms with Gasteiger partial charge in [-0.25, -0.2) is 0 Å². The van der Waals surface area contributed by atoms with Gasteiger partial charge in [0.1, 0.15) is 0 Å². The fourth-order valence-corrected chi connectivity index (χ4v) is 6.44. The SMILES string of the molecule is c1ccc(-c2ccc(-c3ccccc3P(c3ccccc3)c3ccccc3)cc2)cc1. The minimum Gasteiger partial charge on any atom is -0.0622 e. The lowest BCUT2D eigenvalue weighted by molar-refractivity contribution is 1.60. The monoisotopic (exact) mass is 414 g/mol. The normalized spacial score (nSPS) is 10.9. The molecule has 0 spiro atoms. The first-order chi connectivity index (χ1) is 15.4. The number of hydrogen-bond acceptors (Lipinski definition) is 0. The van der Waals surface area contributed by atoms with Crippen LogP contribution in [0.5, 0.6) is 0 Å². The highest BCUT2D eigenvalue weighted by Crippen LogP contribution is 2.37. The van der Waals surface area contributed by atoms with Gasteiger partial charge in [-0.3, -0.25) is 0 Å². The molecule has 0 unspecified atom stereocenters. The van der Waals surface area contributed by atoms with Crippen molar-refractivity contribution in [3.05, 3.63) is 140 Å². The number of hydrogen-bond donors (Lipinski definition) is 0. The summed E-state index contributed by atoms with van der Waals surface area (Å²) in [6.07, 6.45) is 0. The van der Waals surface area contributed by atoms with Crippen LogP contribution in [0.4, 0.5) is 0 Å². The van der Waals surface area contributed by atoms with Gasteiger partial charge in [0.05, 0.1) is 0 Å². The van der Waals surface area contributed by atoms with Crippen LogP contribution in [0, 0.1) is 0 Å². The Bertz CT molecular complexity index is 1200. The van der Waals surface area contributed by atoms with E-state index in [1.165, 1.54) is 38.2 Å². The summed E-state index contributed by atoms with van der Waals surface area (Å²) in [5.41, 5.74) is 5.06.